The van der Waals surface area contributed by atoms with Gasteiger partial charge in [-0.3, -0.25) is 0 Å². The molecule has 0 aromatic heterocycles. The molecule has 1 aliphatic carbocycles. The van der Waals surface area contributed by atoms with Gasteiger partial charge in [-0.1, -0.05) is 19.3 Å². The van der Waals surface area contributed by atoms with Crippen LogP contribution in [0.15, 0.2) is 0 Å². The Bertz CT molecular complexity index is 260. The van der Waals surface area contributed by atoms with Crippen LogP contribution in [0.25, 0.3) is 0 Å². The van der Waals surface area contributed by atoms with Gasteiger partial charge in [-0.2, -0.15) is 0 Å². The third-order valence-corrected chi connectivity index (χ3v) is 4.75. The summed E-state index contributed by atoms with van der Waals surface area (Å²) in [7, 11) is -3.25. The van der Waals surface area contributed by atoms with Crippen molar-refractivity contribution < 1.29 is 8.42 Å². The van der Waals surface area contributed by atoms with Crippen LogP contribution in [0.4, 0.5) is 0 Å². The third kappa shape index (κ3) is 3.75. The molecular weight excluding hydrogens is 222 g/mol. The molecule has 1 saturated carbocycles. The summed E-state index contributed by atoms with van der Waals surface area (Å²) in [5.74, 6) is 0.488. The molecule has 1 rings (SSSR count). The molecular formula is C9H18ClNO2S. The molecule has 0 heterocycles. The molecule has 0 amide bonds. The Morgan fingerprint density at radius 3 is 2.43 bits per heavy atom. The van der Waals surface area contributed by atoms with E-state index in [1.165, 1.54) is 19.3 Å². The van der Waals surface area contributed by atoms with E-state index < -0.39 is 10.0 Å². The first-order chi connectivity index (χ1) is 6.55. The summed E-state index contributed by atoms with van der Waals surface area (Å²) in [4.78, 5) is 0. The van der Waals surface area contributed by atoms with Crippen molar-refractivity contribution in [1.82, 2.24) is 4.72 Å². The zero-order valence-electron chi connectivity index (χ0n) is 8.50. The fourth-order valence-electron chi connectivity index (χ4n) is 2.05. The number of alkyl halides is 1. The van der Waals surface area contributed by atoms with E-state index in [2.05, 4.69) is 4.72 Å². The van der Waals surface area contributed by atoms with E-state index in [0.29, 0.717) is 5.92 Å². The van der Waals surface area contributed by atoms with Crippen molar-refractivity contribution in [2.75, 3.05) is 5.21 Å². The average Bonchev–Trinajstić information content (AvgIpc) is 2.19. The molecule has 1 atom stereocenters. The lowest BCUT2D eigenvalue weighted by Gasteiger charge is -2.27. The number of hydrogen-bond acceptors (Lipinski definition) is 2. The van der Waals surface area contributed by atoms with Crippen molar-refractivity contribution in [1.29, 1.82) is 0 Å². The van der Waals surface area contributed by atoms with Crippen LogP contribution in [0.3, 0.4) is 0 Å². The van der Waals surface area contributed by atoms with Gasteiger partial charge in [-0.25, -0.2) is 13.1 Å². The van der Waals surface area contributed by atoms with Crippen LogP contribution in [0.2, 0.25) is 0 Å². The monoisotopic (exact) mass is 239 g/mol. The van der Waals surface area contributed by atoms with Gasteiger partial charge >= 0.3 is 0 Å². The van der Waals surface area contributed by atoms with Gasteiger partial charge in [-0.05, 0) is 25.7 Å². The topological polar surface area (TPSA) is 46.2 Å². The van der Waals surface area contributed by atoms with Gasteiger partial charge < -0.3 is 0 Å². The Balaban J connectivity index is 2.44. The maximum atomic E-state index is 11.2. The number of rotatable bonds is 4. The van der Waals surface area contributed by atoms with E-state index in [-0.39, 0.29) is 11.3 Å². The Morgan fingerprint density at radius 1 is 1.36 bits per heavy atom. The first-order valence-electron chi connectivity index (χ1n) is 5.11. The predicted octanol–water partition coefficient (Wildman–Crippen LogP) is 2.07. The van der Waals surface area contributed by atoms with Crippen molar-refractivity contribution in [3.63, 3.8) is 0 Å². The van der Waals surface area contributed by atoms with Crippen LogP contribution in [0.1, 0.15) is 39.0 Å². The highest BCUT2D eigenvalue weighted by atomic mass is 35.5. The van der Waals surface area contributed by atoms with Crippen molar-refractivity contribution in [2.45, 2.75) is 45.1 Å². The lowest BCUT2D eigenvalue weighted by molar-refractivity contribution is 0.303. The smallest absolute Gasteiger partial charge is 0.211 e. The number of sulfonamides is 1. The molecule has 84 valence electrons. The minimum Gasteiger partial charge on any atom is -0.211 e. The zero-order chi connectivity index (χ0) is 10.6. The molecule has 1 fully saturated rings. The molecule has 1 N–H and O–H groups in total. The van der Waals surface area contributed by atoms with Gasteiger partial charge in [0.25, 0.3) is 0 Å². The molecule has 0 aliphatic heterocycles. The summed E-state index contributed by atoms with van der Waals surface area (Å²) in [5.41, 5.74) is 0. The molecule has 3 nitrogen and oxygen atoms in total. The van der Waals surface area contributed by atoms with E-state index in [1.807, 2.05) is 6.92 Å². The lowest BCUT2D eigenvalue weighted by atomic mass is 9.85. The highest BCUT2D eigenvalue weighted by Crippen LogP contribution is 2.26. The van der Waals surface area contributed by atoms with Crippen molar-refractivity contribution >= 4 is 21.6 Å². The molecule has 0 radical (unpaired) electrons. The van der Waals surface area contributed by atoms with Crippen LogP contribution in [0, 0.1) is 5.92 Å². The van der Waals surface area contributed by atoms with Crippen molar-refractivity contribution in [3.05, 3.63) is 0 Å². The van der Waals surface area contributed by atoms with Crippen molar-refractivity contribution in [3.8, 4) is 0 Å². The second kappa shape index (κ2) is 5.33. The molecule has 1 aliphatic rings. The Kier molecular flexibility index (Phi) is 4.67. The van der Waals surface area contributed by atoms with E-state index in [1.54, 1.807) is 0 Å². The van der Waals surface area contributed by atoms with Gasteiger partial charge in [0.05, 0.1) is 0 Å². The summed E-state index contributed by atoms with van der Waals surface area (Å²) < 4.78 is 25.0. The molecule has 0 saturated heterocycles. The summed E-state index contributed by atoms with van der Waals surface area (Å²) in [6, 6.07) is 0.0269. The zero-order valence-corrected chi connectivity index (χ0v) is 10.1. The van der Waals surface area contributed by atoms with Crippen LogP contribution >= 0.6 is 11.6 Å². The van der Waals surface area contributed by atoms with Crippen LogP contribution < -0.4 is 4.72 Å². The molecule has 0 bridgehead atoms. The first-order valence-corrected chi connectivity index (χ1v) is 7.30. The Labute approximate surface area is 91.3 Å². The van der Waals surface area contributed by atoms with Crippen molar-refractivity contribution in [2.24, 2.45) is 5.92 Å². The maximum Gasteiger partial charge on any atom is 0.225 e. The average molecular weight is 240 g/mol. The molecule has 5 heteroatoms. The summed E-state index contributed by atoms with van der Waals surface area (Å²) in [6.07, 6.45) is 5.98. The number of halogens is 1. The van der Waals surface area contributed by atoms with Gasteiger partial charge in [0.15, 0.2) is 0 Å². The third-order valence-electron chi connectivity index (χ3n) is 2.87. The molecule has 0 aromatic rings. The van der Waals surface area contributed by atoms with E-state index in [0.717, 1.165) is 12.8 Å². The lowest BCUT2D eigenvalue weighted by Crippen LogP contribution is -2.39. The second-order valence-electron chi connectivity index (χ2n) is 4.03. The number of hydrogen-bond donors (Lipinski definition) is 1. The minimum absolute atomic E-state index is 0.0269. The molecule has 0 unspecified atom stereocenters. The largest absolute Gasteiger partial charge is 0.225 e. The SMILES string of the molecule is C[C@@H](NS(=O)(=O)CCl)C1CCCCC1. The fraction of sp³-hybridized carbons (Fsp3) is 1.00. The molecule has 0 aromatic carbocycles. The predicted molar refractivity (Wildman–Crippen MR) is 58.8 cm³/mol. The van der Waals surface area contributed by atoms with Crippen LogP contribution in [-0.4, -0.2) is 19.7 Å². The normalized spacial score (nSPS) is 22.1. The van der Waals surface area contributed by atoms with Gasteiger partial charge in [0.2, 0.25) is 10.0 Å². The Morgan fingerprint density at radius 2 is 1.93 bits per heavy atom. The standard InChI is InChI=1S/C9H18ClNO2S/c1-8(11-14(12,13)7-10)9-5-3-2-4-6-9/h8-9,11H,2-7H2,1H3/t8-/m1/s1. The number of nitrogens with one attached hydrogen (secondary N) is 1. The van der Waals surface area contributed by atoms with Gasteiger partial charge in [0, 0.05) is 6.04 Å². The van der Waals surface area contributed by atoms with E-state index >= 15 is 0 Å². The van der Waals surface area contributed by atoms with Crippen LogP contribution in [-0.2, 0) is 10.0 Å². The quantitative estimate of drug-likeness (QED) is 0.764. The molecule has 14 heavy (non-hydrogen) atoms. The molecule has 0 spiro atoms. The highest BCUT2D eigenvalue weighted by Gasteiger charge is 2.23. The highest BCUT2D eigenvalue weighted by molar-refractivity contribution is 7.90. The second-order valence-corrected chi connectivity index (χ2v) is 6.37. The first kappa shape index (κ1) is 12.3. The van der Waals surface area contributed by atoms with Crippen LogP contribution in [0.5, 0.6) is 0 Å². The Hall–Kier alpha value is 0.200. The summed E-state index contributed by atoms with van der Waals surface area (Å²) >= 11 is 5.33. The maximum absolute atomic E-state index is 11.2. The van der Waals surface area contributed by atoms with Gasteiger partial charge in [0.1, 0.15) is 5.21 Å². The summed E-state index contributed by atoms with van der Waals surface area (Å²) in [5, 5.41) is -0.343. The van der Waals surface area contributed by atoms with E-state index in [4.69, 9.17) is 11.6 Å². The van der Waals surface area contributed by atoms with Gasteiger partial charge in [-0.15, -0.1) is 11.6 Å². The fourth-order valence-corrected chi connectivity index (χ4v) is 3.06. The van der Waals surface area contributed by atoms with E-state index in [9.17, 15) is 8.42 Å². The summed E-state index contributed by atoms with van der Waals surface area (Å²) in [6.45, 7) is 1.93. The minimum atomic E-state index is -3.25.